The van der Waals surface area contributed by atoms with E-state index in [9.17, 15) is 0 Å². The van der Waals surface area contributed by atoms with Crippen molar-refractivity contribution in [1.29, 1.82) is 0 Å². The Bertz CT molecular complexity index is 122. The Morgan fingerprint density at radius 1 is 0.923 bits per heavy atom. The minimum absolute atomic E-state index is 1.31. The van der Waals surface area contributed by atoms with Crippen LogP contribution in [0, 0.1) is 0 Å². The maximum atomic E-state index is 2.27. The maximum Gasteiger partial charge on any atom is -0.0323 e. The van der Waals surface area contributed by atoms with Crippen LogP contribution in [0.3, 0.4) is 0 Å². The highest BCUT2D eigenvalue weighted by molar-refractivity contribution is 4.94. The highest BCUT2D eigenvalue weighted by Crippen LogP contribution is 2.11. The van der Waals surface area contributed by atoms with Crippen molar-refractivity contribution >= 4 is 0 Å². The van der Waals surface area contributed by atoms with Crippen LogP contribution in [0.1, 0.15) is 72.1 Å². The minimum Gasteiger partial charge on any atom is -0.0887 e. The Hall–Kier alpha value is -0.260. The molecule has 0 saturated carbocycles. The standard InChI is InChI=1S/C13H26/c1-4-6-7-8-9-10-11-12-13(3)5-2/h5H,4,6-12H2,1-3H3. The first-order valence-corrected chi connectivity index (χ1v) is 5.93. The molecule has 0 amide bonds. The SMILES string of the molecule is CC=C(C)CCCCCCCCC. The van der Waals surface area contributed by atoms with Gasteiger partial charge in [0.2, 0.25) is 0 Å². The molecule has 0 heteroatoms. The van der Waals surface area contributed by atoms with Crippen LogP contribution in [-0.2, 0) is 0 Å². The average Bonchev–Trinajstić information content (AvgIpc) is 2.16. The molecule has 0 atom stereocenters. The normalized spacial score (nSPS) is 12.1. The number of allylic oxidation sites excluding steroid dienone is 2. The maximum absolute atomic E-state index is 2.27. The molecule has 0 unspecified atom stereocenters. The van der Waals surface area contributed by atoms with Gasteiger partial charge in [-0.05, 0) is 26.7 Å². The molecule has 0 aliphatic heterocycles. The second-order valence-electron chi connectivity index (χ2n) is 4.01. The molecule has 0 nitrogen and oxygen atoms in total. The van der Waals surface area contributed by atoms with Gasteiger partial charge >= 0.3 is 0 Å². The van der Waals surface area contributed by atoms with Gasteiger partial charge in [0, 0.05) is 0 Å². The van der Waals surface area contributed by atoms with Gasteiger partial charge in [-0.3, -0.25) is 0 Å². The van der Waals surface area contributed by atoms with Gasteiger partial charge in [-0.15, -0.1) is 0 Å². The molecular formula is C13H26. The molecule has 0 aromatic rings. The van der Waals surface area contributed by atoms with Gasteiger partial charge in [0.15, 0.2) is 0 Å². The molecule has 0 saturated heterocycles. The molecule has 0 N–H and O–H groups in total. The van der Waals surface area contributed by atoms with Crippen molar-refractivity contribution in [2.45, 2.75) is 72.1 Å². The Kier molecular flexibility index (Phi) is 9.63. The van der Waals surface area contributed by atoms with E-state index in [0.29, 0.717) is 0 Å². The molecule has 0 bridgehead atoms. The lowest BCUT2D eigenvalue weighted by Crippen LogP contribution is -1.81. The summed E-state index contributed by atoms with van der Waals surface area (Å²) in [7, 11) is 0. The van der Waals surface area contributed by atoms with Crippen molar-refractivity contribution in [2.75, 3.05) is 0 Å². The van der Waals surface area contributed by atoms with Crippen molar-refractivity contribution in [3.05, 3.63) is 11.6 Å². The van der Waals surface area contributed by atoms with Gasteiger partial charge in [-0.1, -0.05) is 57.1 Å². The van der Waals surface area contributed by atoms with E-state index in [1.54, 1.807) is 5.57 Å². The van der Waals surface area contributed by atoms with Crippen molar-refractivity contribution < 1.29 is 0 Å². The van der Waals surface area contributed by atoms with Crippen LogP contribution in [-0.4, -0.2) is 0 Å². The fourth-order valence-corrected chi connectivity index (χ4v) is 1.51. The summed E-state index contributed by atoms with van der Waals surface area (Å²) in [6.07, 6.45) is 13.5. The van der Waals surface area contributed by atoms with Crippen molar-refractivity contribution in [1.82, 2.24) is 0 Å². The quantitative estimate of drug-likeness (QED) is 0.362. The highest BCUT2D eigenvalue weighted by Gasteiger charge is 1.91. The van der Waals surface area contributed by atoms with Gasteiger partial charge < -0.3 is 0 Å². The van der Waals surface area contributed by atoms with Crippen molar-refractivity contribution in [2.24, 2.45) is 0 Å². The lowest BCUT2D eigenvalue weighted by atomic mass is 10.1. The number of hydrogen-bond donors (Lipinski definition) is 0. The summed E-state index contributed by atoms with van der Waals surface area (Å²) >= 11 is 0. The largest absolute Gasteiger partial charge is 0.0887 e. The lowest BCUT2D eigenvalue weighted by molar-refractivity contribution is 0.588. The topological polar surface area (TPSA) is 0 Å². The zero-order valence-electron chi connectivity index (χ0n) is 9.73. The molecule has 0 aromatic carbocycles. The summed E-state index contributed by atoms with van der Waals surface area (Å²) in [5.74, 6) is 0. The van der Waals surface area contributed by atoms with E-state index in [1.807, 2.05) is 0 Å². The summed E-state index contributed by atoms with van der Waals surface area (Å²) in [5, 5.41) is 0. The van der Waals surface area contributed by atoms with E-state index in [0.717, 1.165) is 0 Å². The highest BCUT2D eigenvalue weighted by atomic mass is 14.0. The van der Waals surface area contributed by atoms with E-state index in [1.165, 1.54) is 51.4 Å². The number of rotatable bonds is 8. The molecular weight excluding hydrogens is 156 g/mol. The molecule has 78 valence electrons. The molecule has 0 rings (SSSR count). The molecule has 13 heavy (non-hydrogen) atoms. The summed E-state index contributed by atoms with van der Waals surface area (Å²) < 4.78 is 0. The third kappa shape index (κ3) is 9.66. The smallest absolute Gasteiger partial charge is 0.0323 e. The Labute approximate surface area is 84.4 Å². The number of hydrogen-bond acceptors (Lipinski definition) is 0. The van der Waals surface area contributed by atoms with Crippen LogP contribution >= 0.6 is 0 Å². The van der Waals surface area contributed by atoms with Crippen molar-refractivity contribution in [3.63, 3.8) is 0 Å². The van der Waals surface area contributed by atoms with Crippen LogP contribution < -0.4 is 0 Å². The summed E-state index contributed by atoms with van der Waals surface area (Å²) in [5.41, 5.74) is 1.55. The first kappa shape index (κ1) is 12.7. The van der Waals surface area contributed by atoms with Crippen molar-refractivity contribution in [3.8, 4) is 0 Å². The third-order valence-corrected chi connectivity index (χ3v) is 2.67. The Morgan fingerprint density at radius 3 is 2.00 bits per heavy atom. The van der Waals surface area contributed by atoms with Gasteiger partial charge in [0.25, 0.3) is 0 Å². The molecule has 0 aromatic heterocycles. The van der Waals surface area contributed by atoms with Crippen LogP contribution in [0.25, 0.3) is 0 Å². The third-order valence-electron chi connectivity index (χ3n) is 2.67. The molecule has 0 aliphatic rings. The first-order chi connectivity index (χ1) is 6.31. The molecule has 0 spiro atoms. The van der Waals surface area contributed by atoms with Crippen LogP contribution in [0.2, 0.25) is 0 Å². The molecule has 0 aliphatic carbocycles. The zero-order chi connectivity index (χ0) is 9.94. The number of unbranched alkanes of at least 4 members (excludes halogenated alkanes) is 6. The average molecular weight is 182 g/mol. The minimum atomic E-state index is 1.31. The molecule has 0 heterocycles. The van der Waals surface area contributed by atoms with Crippen LogP contribution in [0.5, 0.6) is 0 Å². The predicted octanol–water partition coefficient (Wildman–Crippen LogP) is 5.09. The van der Waals surface area contributed by atoms with E-state index >= 15 is 0 Å². The van der Waals surface area contributed by atoms with E-state index in [4.69, 9.17) is 0 Å². The summed E-state index contributed by atoms with van der Waals surface area (Å²) in [4.78, 5) is 0. The Balaban J connectivity index is 3.00. The summed E-state index contributed by atoms with van der Waals surface area (Å²) in [6.45, 7) is 6.64. The first-order valence-electron chi connectivity index (χ1n) is 5.93. The van der Waals surface area contributed by atoms with E-state index < -0.39 is 0 Å². The zero-order valence-corrected chi connectivity index (χ0v) is 9.73. The van der Waals surface area contributed by atoms with Gasteiger partial charge in [0.1, 0.15) is 0 Å². The Morgan fingerprint density at radius 2 is 1.46 bits per heavy atom. The van der Waals surface area contributed by atoms with Gasteiger partial charge in [0.05, 0.1) is 0 Å². The predicted molar refractivity (Wildman–Crippen MR) is 62.0 cm³/mol. The van der Waals surface area contributed by atoms with Gasteiger partial charge in [-0.2, -0.15) is 0 Å². The fraction of sp³-hybridized carbons (Fsp3) is 0.846. The van der Waals surface area contributed by atoms with E-state index in [-0.39, 0.29) is 0 Å². The molecule has 0 fully saturated rings. The summed E-state index contributed by atoms with van der Waals surface area (Å²) in [6, 6.07) is 0. The lowest BCUT2D eigenvalue weighted by Gasteiger charge is -2.01. The second-order valence-corrected chi connectivity index (χ2v) is 4.01. The van der Waals surface area contributed by atoms with Crippen LogP contribution in [0.4, 0.5) is 0 Å². The van der Waals surface area contributed by atoms with Gasteiger partial charge in [-0.25, -0.2) is 0 Å². The second kappa shape index (κ2) is 9.83. The monoisotopic (exact) mass is 182 g/mol. The van der Waals surface area contributed by atoms with E-state index in [2.05, 4.69) is 26.8 Å². The van der Waals surface area contributed by atoms with Crippen LogP contribution in [0.15, 0.2) is 11.6 Å². The fourth-order valence-electron chi connectivity index (χ4n) is 1.51. The molecule has 0 radical (unpaired) electrons.